The van der Waals surface area contributed by atoms with Crippen molar-refractivity contribution < 1.29 is 23.5 Å². The fraction of sp³-hybridized carbons (Fsp3) is 0.812. The van der Waals surface area contributed by atoms with Gasteiger partial charge in [-0.15, -0.1) is 0 Å². The van der Waals surface area contributed by atoms with Gasteiger partial charge in [-0.2, -0.15) is 5.26 Å². The third-order valence-corrected chi connectivity index (χ3v) is 4.29. The summed E-state index contributed by atoms with van der Waals surface area (Å²) in [4.78, 5) is 26.0. The van der Waals surface area contributed by atoms with Crippen molar-refractivity contribution in [3.8, 4) is 6.07 Å². The number of nitriles is 1. The molecule has 7 nitrogen and oxygen atoms in total. The van der Waals surface area contributed by atoms with E-state index in [1.165, 1.54) is 4.90 Å². The highest BCUT2D eigenvalue weighted by Crippen LogP contribution is 2.48. The zero-order valence-electron chi connectivity index (χ0n) is 14.5. The number of hydrogen-bond acceptors (Lipinski definition) is 5. The minimum atomic E-state index is -2.26. The lowest BCUT2D eigenvalue weighted by molar-refractivity contribution is -0.180. The molecule has 2 atom stereocenters. The van der Waals surface area contributed by atoms with E-state index in [1.54, 1.807) is 27.7 Å². The quantitative estimate of drug-likeness (QED) is 0.837. The number of carbonyl (C=O) groups is 2. The zero-order chi connectivity index (χ0) is 18.2. The lowest BCUT2D eigenvalue weighted by atomic mass is 9.73. The van der Waals surface area contributed by atoms with Crippen LogP contribution >= 0.6 is 0 Å². The molecule has 0 aromatic carbocycles. The molecule has 2 fully saturated rings. The average Bonchev–Trinajstić information content (AvgIpc) is 2.72. The number of rotatable bonds is 3. The van der Waals surface area contributed by atoms with Gasteiger partial charge in [0.05, 0.1) is 37.7 Å². The third kappa shape index (κ3) is 3.31. The summed E-state index contributed by atoms with van der Waals surface area (Å²) in [6.45, 7) is 6.64. The first-order chi connectivity index (χ1) is 11.0. The minimum Gasteiger partial charge on any atom is -0.444 e. The van der Waals surface area contributed by atoms with Crippen LogP contribution in [0.5, 0.6) is 0 Å². The largest absolute Gasteiger partial charge is 0.444 e. The Morgan fingerprint density at radius 3 is 2.50 bits per heavy atom. The molecule has 2 aliphatic heterocycles. The molecule has 2 unspecified atom stereocenters. The smallest absolute Gasteiger partial charge is 0.410 e. The van der Waals surface area contributed by atoms with E-state index < -0.39 is 34.7 Å². The zero-order valence-corrected chi connectivity index (χ0v) is 14.5. The van der Waals surface area contributed by atoms with E-state index in [0.717, 1.165) is 0 Å². The maximum atomic E-state index is 15.6. The van der Waals surface area contributed by atoms with E-state index in [1.807, 2.05) is 6.07 Å². The predicted molar refractivity (Wildman–Crippen MR) is 82.7 cm³/mol. The number of nitrogens with one attached hydrogen (secondary N) is 1. The lowest BCUT2D eigenvalue weighted by Gasteiger charge is -2.44. The van der Waals surface area contributed by atoms with Crippen LogP contribution in [0.4, 0.5) is 9.18 Å². The Bertz CT molecular complexity index is 565. The molecule has 0 aliphatic carbocycles. The first-order valence-electron chi connectivity index (χ1n) is 7.95. The molecule has 0 saturated carbocycles. The van der Waals surface area contributed by atoms with Crippen LogP contribution in [0.3, 0.4) is 0 Å². The predicted octanol–water partition coefficient (Wildman–Crippen LogP) is 1.38. The lowest BCUT2D eigenvalue weighted by Crippen LogP contribution is -2.64. The van der Waals surface area contributed by atoms with Gasteiger partial charge in [0.15, 0.2) is 0 Å². The van der Waals surface area contributed by atoms with E-state index in [9.17, 15) is 9.59 Å². The maximum absolute atomic E-state index is 15.6. The van der Waals surface area contributed by atoms with Gasteiger partial charge in [0.25, 0.3) is 5.91 Å². The summed E-state index contributed by atoms with van der Waals surface area (Å²) in [7, 11) is 0. The molecular weight excluding hydrogens is 317 g/mol. The monoisotopic (exact) mass is 341 g/mol. The van der Waals surface area contributed by atoms with E-state index >= 15 is 4.39 Å². The van der Waals surface area contributed by atoms with Crippen LogP contribution in [0.15, 0.2) is 0 Å². The Morgan fingerprint density at radius 2 is 2.04 bits per heavy atom. The Labute approximate surface area is 141 Å². The van der Waals surface area contributed by atoms with Crippen LogP contribution in [-0.2, 0) is 14.3 Å². The summed E-state index contributed by atoms with van der Waals surface area (Å²) in [6.07, 6.45) is -0.563. The van der Waals surface area contributed by atoms with Gasteiger partial charge in [0.1, 0.15) is 5.60 Å². The van der Waals surface area contributed by atoms with E-state index in [-0.39, 0.29) is 32.7 Å². The second-order valence-electron chi connectivity index (χ2n) is 7.65. The molecule has 1 N–H and O–H groups in total. The molecule has 2 aliphatic rings. The number of carbonyl (C=O) groups excluding carboxylic acids is 2. The summed E-state index contributed by atoms with van der Waals surface area (Å²) in [5.41, 5.74) is -4.02. The fourth-order valence-electron chi connectivity index (χ4n) is 2.94. The number of nitrogens with zero attached hydrogens (tertiary/aromatic N) is 2. The molecule has 0 aromatic rings. The van der Waals surface area contributed by atoms with Crippen LogP contribution in [0.25, 0.3) is 0 Å². The third-order valence-electron chi connectivity index (χ3n) is 4.29. The van der Waals surface area contributed by atoms with Crippen molar-refractivity contribution in [1.29, 1.82) is 5.26 Å². The van der Waals surface area contributed by atoms with Crippen LogP contribution in [0, 0.1) is 16.7 Å². The van der Waals surface area contributed by atoms with Crippen molar-refractivity contribution in [3.63, 3.8) is 0 Å². The number of alkyl halides is 1. The summed E-state index contributed by atoms with van der Waals surface area (Å²) in [5, 5.41) is 11.2. The van der Waals surface area contributed by atoms with Gasteiger partial charge in [0, 0.05) is 12.6 Å². The Morgan fingerprint density at radius 1 is 1.42 bits per heavy atom. The topological polar surface area (TPSA) is 91.7 Å². The first kappa shape index (κ1) is 18.5. The van der Waals surface area contributed by atoms with Gasteiger partial charge >= 0.3 is 6.09 Å². The Kier molecular flexibility index (Phi) is 4.77. The molecule has 0 bridgehead atoms. The maximum Gasteiger partial charge on any atom is 0.410 e. The summed E-state index contributed by atoms with van der Waals surface area (Å²) < 4.78 is 26.0. The van der Waals surface area contributed by atoms with Gasteiger partial charge in [-0.3, -0.25) is 4.79 Å². The highest BCUT2D eigenvalue weighted by molar-refractivity contribution is 5.88. The standard InChI is InChI=1S/C16H24FN3O4/c1-11(5-6-18)19-12(21)16(17)8-20(7-15(16)9-23-10-15)13(22)24-14(2,3)4/h11H,5,7-10H2,1-4H3,(H,19,21). The van der Waals surface area contributed by atoms with Gasteiger partial charge < -0.3 is 19.7 Å². The number of likely N-dealkylation sites (tertiary alicyclic amines) is 1. The fourth-order valence-corrected chi connectivity index (χ4v) is 2.94. The van der Waals surface area contributed by atoms with Crippen LogP contribution in [0.2, 0.25) is 0 Å². The molecule has 2 amide bonds. The SMILES string of the molecule is CC(CC#N)NC(=O)C1(F)CN(C(=O)OC(C)(C)C)CC12COC2. The van der Waals surface area contributed by atoms with E-state index in [0.29, 0.717) is 0 Å². The minimum absolute atomic E-state index is 0.0679. The summed E-state index contributed by atoms with van der Waals surface area (Å²) in [6, 6.07) is 1.46. The Hall–Kier alpha value is -1.88. The van der Waals surface area contributed by atoms with E-state index in [4.69, 9.17) is 14.7 Å². The average molecular weight is 341 g/mol. The van der Waals surface area contributed by atoms with Gasteiger partial charge in [0.2, 0.25) is 5.67 Å². The van der Waals surface area contributed by atoms with Crippen molar-refractivity contribution >= 4 is 12.0 Å². The van der Waals surface area contributed by atoms with Crippen molar-refractivity contribution in [2.75, 3.05) is 26.3 Å². The number of ether oxygens (including phenoxy) is 2. The molecule has 24 heavy (non-hydrogen) atoms. The summed E-state index contributed by atoms with van der Waals surface area (Å²) >= 11 is 0. The van der Waals surface area contributed by atoms with Crippen molar-refractivity contribution in [1.82, 2.24) is 10.2 Å². The first-order valence-corrected chi connectivity index (χ1v) is 7.95. The second kappa shape index (κ2) is 6.20. The molecule has 1 spiro atoms. The van der Waals surface area contributed by atoms with Crippen LogP contribution < -0.4 is 5.32 Å². The molecular formula is C16H24FN3O4. The number of amides is 2. The van der Waals surface area contributed by atoms with Crippen molar-refractivity contribution in [2.45, 2.75) is 51.4 Å². The van der Waals surface area contributed by atoms with Gasteiger partial charge in [-0.1, -0.05) is 0 Å². The van der Waals surface area contributed by atoms with Crippen molar-refractivity contribution in [3.05, 3.63) is 0 Å². The second-order valence-corrected chi connectivity index (χ2v) is 7.65. The number of hydrogen-bond donors (Lipinski definition) is 1. The molecule has 2 heterocycles. The number of halogens is 1. The molecule has 8 heteroatoms. The molecule has 2 rings (SSSR count). The van der Waals surface area contributed by atoms with Crippen LogP contribution in [0.1, 0.15) is 34.1 Å². The van der Waals surface area contributed by atoms with Gasteiger partial charge in [-0.25, -0.2) is 9.18 Å². The molecule has 2 saturated heterocycles. The molecule has 134 valence electrons. The normalized spacial score (nSPS) is 26.4. The summed E-state index contributed by atoms with van der Waals surface area (Å²) in [5.74, 6) is -0.806. The highest BCUT2D eigenvalue weighted by atomic mass is 19.1. The van der Waals surface area contributed by atoms with Crippen LogP contribution in [-0.4, -0.2) is 60.5 Å². The van der Waals surface area contributed by atoms with Gasteiger partial charge in [-0.05, 0) is 27.7 Å². The van der Waals surface area contributed by atoms with Crippen molar-refractivity contribution in [2.24, 2.45) is 5.41 Å². The van der Waals surface area contributed by atoms with E-state index in [2.05, 4.69) is 5.32 Å². The Balaban J connectivity index is 2.15. The molecule has 0 aromatic heterocycles. The highest BCUT2D eigenvalue weighted by Gasteiger charge is 2.68. The molecule has 0 radical (unpaired) electrons.